The van der Waals surface area contributed by atoms with Crippen LogP contribution in [0.1, 0.15) is 17.5 Å². The van der Waals surface area contributed by atoms with E-state index in [1.165, 1.54) is 5.56 Å². The Hall–Kier alpha value is -3.35. The SMILES string of the molecule is NC(N)=NCCCc1ccc(-c2ccc(CC(NC=O)C(=O)O)cc2)cc1. The summed E-state index contributed by atoms with van der Waals surface area (Å²) in [6, 6.07) is 15.0. The third kappa shape index (κ3) is 6.47. The minimum Gasteiger partial charge on any atom is -0.480 e. The van der Waals surface area contributed by atoms with Gasteiger partial charge in [0.25, 0.3) is 0 Å². The Morgan fingerprint density at radius 1 is 1.04 bits per heavy atom. The van der Waals surface area contributed by atoms with Crippen LogP contribution in [0.5, 0.6) is 0 Å². The summed E-state index contributed by atoms with van der Waals surface area (Å²) in [7, 11) is 0. The zero-order valence-corrected chi connectivity index (χ0v) is 15.0. The summed E-state index contributed by atoms with van der Waals surface area (Å²) in [6.07, 6.45) is 2.43. The predicted octanol–water partition coefficient (Wildman–Crippen LogP) is 1.30. The third-order valence-electron chi connectivity index (χ3n) is 4.17. The number of amides is 1. The highest BCUT2D eigenvalue weighted by atomic mass is 16.4. The normalized spacial score (nSPS) is 11.4. The van der Waals surface area contributed by atoms with Crippen LogP contribution in [0.15, 0.2) is 53.5 Å². The van der Waals surface area contributed by atoms with E-state index < -0.39 is 12.0 Å². The first-order valence-corrected chi connectivity index (χ1v) is 8.65. The molecule has 2 rings (SSSR count). The lowest BCUT2D eigenvalue weighted by molar-refractivity contribution is -0.140. The number of carboxylic acids is 1. The van der Waals surface area contributed by atoms with Gasteiger partial charge in [0.15, 0.2) is 5.96 Å². The number of carbonyl (C=O) groups excluding carboxylic acids is 1. The minimum absolute atomic E-state index is 0.116. The lowest BCUT2D eigenvalue weighted by Gasteiger charge is -2.11. The number of guanidine groups is 1. The first-order valence-electron chi connectivity index (χ1n) is 8.65. The first-order chi connectivity index (χ1) is 13.0. The van der Waals surface area contributed by atoms with E-state index in [2.05, 4.69) is 34.6 Å². The van der Waals surface area contributed by atoms with Gasteiger partial charge in [0.05, 0.1) is 0 Å². The number of nitrogens with zero attached hydrogens (tertiary/aromatic N) is 1. The number of nitrogens with two attached hydrogens (primary N) is 2. The molecule has 0 spiro atoms. The topological polar surface area (TPSA) is 131 Å². The van der Waals surface area contributed by atoms with Crippen molar-refractivity contribution in [3.8, 4) is 11.1 Å². The molecule has 0 aromatic heterocycles. The second-order valence-corrected chi connectivity index (χ2v) is 6.18. The van der Waals surface area contributed by atoms with Crippen molar-refractivity contribution < 1.29 is 14.7 Å². The molecule has 2 aromatic carbocycles. The zero-order valence-electron chi connectivity index (χ0n) is 15.0. The molecule has 2 aromatic rings. The number of benzene rings is 2. The third-order valence-corrected chi connectivity index (χ3v) is 4.17. The summed E-state index contributed by atoms with van der Waals surface area (Å²) in [4.78, 5) is 25.6. The van der Waals surface area contributed by atoms with Gasteiger partial charge < -0.3 is 21.9 Å². The van der Waals surface area contributed by atoms with Crippen LogP contribution in [0.3, 0.4) is 0 Å². The van der Waals surface area contributed by atoms with E-state index >= 15 is 0 Å². The van der Waals surface area contributed by atoms with Crippen LogP contribution < -0.4 is 16.8 Å². The highest BCUT2D eigenvalue weighted by molar-refractivity contribution is 5.76. The van der Waals surface area contributed by atoms with Crippen molar-refractivity contribution in [3.63, 3.8) is 0 Å². The molecule has 0 aliphatic heterocycles. The number of aliphatic carboxylic acids is 1. The van der Waals surface area contributed by atoms with E-state index in [1.807, 2.05) is 24.3 Å². The van der Waals surface area contributed by atoms with Gasteiger partial charge in [-0.15, -0.1) is 0 Å². The molecule has 1 unspecified atom stereocenters. The molecule has 0 saturated carbocycles. The molecule has 0 saturated heterocycles. The number of aliphatic imine (C=N–C) groups is 1. The Bertz CT molecular complexity index is 782. The Morgan fingerprint density at radius 3 is 2.07 bits per heavy atom. The molecule has 6 N–H and O–H groups in total. The Labute approximate surface area is 158 Å². The van der Waals surface area contributed by atoms with Crippen LogP contribution in [0.2, 0.25) is 0 Å². The highest BCUT2D eigenvalue weighted by Crippen LogP contribution is 2.21. The van der Waals surface area contributed by atoms with E-state index in [0.29, 0.717) is 13.0 Å². The van der Waals surface area contributed by atoms with Gasteiger partial charge in [0.2, 0.25) is 6.41 Å². The Kier molecular flexibility index (Phi) is 7.37. The first kappa shape index (κ1) is 20.0. The summed E-state index contributed by atoms with van der Waals surface area (Å²) in [5.41, 5.74) is 14.8. The van der Waals surface area contributed by atoms with E-state index in [-0.39, 0.29) is 12.4 Å². The predicted molar refractivity (Wildman–Crippen MR) is 105 cm³/mol. The second-order valence-electron chi connectivity index (χ2n) is 6.18. The van der Waals surface area contributed by atoms with Gasteiger partial charge in [0.1, 0.15) is 6.04 Å². The number of nitrogens with one attached hydrogen (secondary N) is 1. The summed E-state index contributed by atoms with van der Waals surface area (Å²) >= 11 is 0. The Balaban J connectivity index is 1.97. The average molecular weight is 368 g/mol. The van der Waals surface area contributed by atoms with Gasteiger partial charge in [-0.1, -0.05) is 48.5 Å². The van der Waals surface area contributed by atoms with Crippen LogP contribution in [-0.4, -0.2) is 36.0 Å². The van der Waals surface area contributed by atoms with E-state index in [9.17, 15) is 9.59 Å². The van der Waals surface area contributed by atoms with Gasteiger partial charge >= 0.3 is 5.97 Å². The summed E-state index contributed by atoms with van der Waals surface area (Å²) in [5.74, 6) is -0.938. The molecule has 7 nitrogen and oxygen atoms in total. The fourth-order valence-corrected chi connectivity index (χ4v) is 2.72. The molecule has 7 heteroatoms. The fraction of sp³-hybridized carbons (Fsp3) is 0.250. The van der Waals surface area contributed by atoms with Gasteiger partial charge in [-0.05, 0) is 35.1 Å². The smallest absolute Gasteiger partial charge is 0.326 e. The van der Waals surface area contributed by atoms with Crippen molar-refractivity contribution in [1.82, 2.24) is 5.32 Å². The summed E-state index contributed by atoms with van der Waals surface area (Å²) in [6.45, 7) is 0.613. The molecule has 0 radical (unpaired) electrons. The maximum absolute atomic E-state index is 11.1. The molecule has 0 aliphatic carbocycles. The van der Waals surface area contributed by atoms with Crippen LogP contribution >= 0.6 is 0 Å². The van der Waals surface area contributed by atoms with Crippen LogP contribution in [0.25, 0.3) is 11.1 Å². The van der Waals surface area contributed by atoms with Crippen LogP contribution in [-0.2, 0) is 22.4 Å². The number of rotatable bonds is 10. The van der Waals surface area contributed by atoms with Crippen LogP contribution in [0.4, 0.5) is 0 Å². The van der Waals surface area contributed by atoms with E-state index in [1.54, 1.807) is 0 Å². The van der Waals surface area contributed by atoms with Crippen molar-refractivity contribution in [1.29, 1.82) is 0 Å². The van der Waals surface area contributed by atoms with Crippen LogP contribution in [0, 0.1) is 0 Å². The zero-order chi connectivity index (χ0) is 19.6. The standard InChI is InChI=1S/C20H24N4O3/c21-20(22)23-11-1-2-14-3-7-16(8-4-14)17-9-5-15(6-10-17)12-18(19(26)27)24-13-25/h3-10,13,18H,1-2,11-12H2,(H,24,25)(H,26,27)(H4,21,22,23). The maximum atomic E-state index is 11.1. The number of carboxylic acid groups (broad SMARTS) is 1. The van der Waals surface area contributed by atoms with Gasteiger partial charge in [-0.25, -0.2) is 4.79 Å². The average Bonchev–Trinajstić information content (AvgIpc) is 2.66. The van der Waals surface area contributed by atoms with Crippen molar-refractivity contribution in [2.24, 2.45) is 16.5 Å². The lowest BCUT2D eigenvalue weighted by atomic mass is 9.99. The molecular formula is C20H24N4O3. The molecule has 1 atom stereocenters. The molecule has 0 fully saturated rings. The highest BCUT2D eigenvalue weighted by Gasteiger charge is 2.16. The number of carbonyl (C=O) groups is 2. The molecule has 0 heterocycles. The van der Waals surface area contributed by atoms with E-state index in [0.717, 1.165) is 29.5 Å². The lowest BCUT2D eigenvalue weighted by Crippen LogP contribution is -2.37. The minimum atomic E-state index is -1.05. The molecular weight excluding hydrogens is 344 g/mol. The quantitative estimate of drug-likeness (QED) is 0.217. The molecule has 27 heavy (non-hydrogen) atoms. The van der Waals surface area contributed by atoms with Gasteiger partial charge in [-0.3, -0.25) is 9.79 Å². The largest absolute Gasteiger partial charge is 0.480 e. The molecule has 142 valence electrons. The second kappa shape index (κ2) is 9.96. The number of hydrogen-bond acceptors (Lipinski definition) is 3. The molecule has 0 aliphatic rings. The monoisotopic (exact) mass is 368 g/mol. The number of aryl methyl sites for hydroxylation is 1. The van der Waals surface area contributed by atoms with Crippen molar-refractivity contribution in [3.05, 3.63) is 59.7 Å². The van der Waals surface area contributed by atoms with Gasteiger partial charge in [-0.2, -0.15) is 0 Å². The van der Waals surface area contributed by atoms with Crippen molar-refractivity contribution >= 4 is 18.3 Å². The molecule has 1 amide bonds. The fourth-order valence-electron chi connectivity index (χ4n) is 2.72. The summed E-state index contributed by atoms with van der Waals surface area (Å²) < 4.78 is 0. The van der Waals surface area contributed by atoms with Gasteiger partial charge in [0, 0.05) is 13.0 Å². The van der Waals surface area contributed by atoms with Crippen molar-refractivity contribution in [2.75, 3.05) is 6.54 Å². The Morgan fingerprint density at radius 2 is 1.59 bits per heavy atom. The van der Waals surface area contributed by atoms with Crippen molar-refractivity contribution in [2.45, 2.75) is 25.3 Å². The van der Waals surface area contributed by atoms with E-state index in [4.69, 9.17) is 16.6 Å². The summed E-state index contributed by atoms with van der Waals surface area (Å²) in [5, 5.41) is 11.4. The maximum Gasteiger partial charge on any atom is 0.326 e. The number of hydrogen-bond donors (Lipinski definition) is 4. The molecule has 0 bridgehead atoms.